The van der Waals surface area contributed by atoms with Gasteiger partial charge in [-0.15, -0.1) is 0 Å². The molecule has 10 heteroatoms. The van der Waals surface area contributed by atoms with Crippen molar-refractivity contribution in [1.82, 2.24) is 14.2 Å². The lowest BCUT2D eigenvalue weighted by molar-refractivity contribution is -0.172. The van der Waals surface area contributed by atoms with E-state index in [-0.39, 0.29) is 12.1 Å². The molecule has 0 saturated carbocycles. The minimum atomic E-state index is -4.51. The van der Waals surface area contributed by atoms with Crippen molar-refractivity contribution < 1.29 is 17.6 Å². The minimum Gasteiger partial charge on any atom is -0.369 e. The average Bonchev–Trinajstić information content (AvgIpc) is 3.08. The van der Waals surface area contributed by atoms with Gasteiger partial charge in [0, 0.05) is 25.5 Å². The van der Waals surface area contributed by atoms with E-state index in [9.17, 15) is 17.6 Å². The van der Waals surface area contributed by atoms with Crippen LogP contribution in [-0.4, -0.2) is 47.3 Å². The molecule has 0 bridgehead atoms. The van der Waals surface area contributed by atoms with Crippen molar-refractivity contribution in [3.8, 4) is 0 Å². The summed E-state index contributed by atoms with van der Waals surface area (Å²) in [5.41, 5.74) is 0.738. The highest BCUT2D eigenvalue weighted by molar-refractivity contribution is 7.97. The summed E-state index contributed by atoms with van der Waals surface area (Å²) >= 11 is 2.39. The Bertz CT molecular complexity index is 1020. The molecular formula is C20H20F4N4S2. The van der Waals surface area contributed by atoms with Crippen LogP contribution in [0.3, 0.4) is 0 Å². The number of halogens is 4. The summed E-state index contributed by atoms with van der Waals surface area (Å²) in [7, 11) is 3.70. The predicted molar refractivity (Wildman–Crippen MR) is 115 cm³/mol. The first-order valence-corrected chi connectivity index (χ1v) is 10.6. The Hall–Kier alpha value is -2.17. The summed E-state index contributed by atoms with van der Waals surface area (Å²) in [6, 6.07) is 7.93. The summed E-state index contributed by atoms with van der Waals surface area (Å²) in [5, 5.41) is 0.577. The highest BCUT2D eigenvalue weighted by Gasteiger charge is 2.44. The van der Waals surface area contributed by atoms with Crippen molar-refractivity contribution in [3.05, 3.63) is 53.8 Å². The molecule has 1 unspecified atom stereocenters. The van der Waals surface area contributed by atoms with Gasteiger partial charge in [-0.05, 0) is 47.8 Å². The maximum Gasteiger partial charge on any atom is 0.408 e. The van der Waals surface area contributed by atoms with Crippen LogP contribution in [0.2, 0.25) is 0 Å². The summed E-state index contributed by atoms with van der Waals surface area (Å²) in [5.74, 6) is -0.571. The molecule has 0 spiro atoms. The zero-order chi connectivity index (χ0) is 21.9. The summed E-state index contributed by atoms with van der Waals surface area (Å²) in [4.78, 5) is 11.1. The first kappa shape index (κ1) is 22.5. The van der Waals surface area contributed by atoms with Gasteiger partial charge in [0.2, 0.25) is 5.13 Å². The van der Waals surface area contributed by atoms with E-state index in [1.165, 1.54) is 27.8 Å². The summed E-state index contributed by atoms with van der Waals surface area (Å²) in [6.07, 6.45) is -2.87. The number of benzene rings is 2. The van der Waals surface area contributed by atoms with E-state index in [2.05, 4.69) is 9.98 Å². The summed E-state index contributed by atoms with van der Waals surface area (Å²) < 4.78 is 56.9. The molecule has 30 heavy (non-hydrogen) atoms. The second-order valence-electron chi connectivity index (χ2n) is 6.65. The van der Waals surface area contributed by atoms with Crippen molar-refractivity contribution in [2.75, 3.05) is 20.6 Å². The van der Waals surface area contributed by atoms with Crippen LogP contribution in [0.25, 0.3) is 10.2 Å². The van der Waals surface area contributed by atoms with E-state index >= 15 is 0 Å². The van der Waals surface area contributed by atoms with Gasteiger partial charge in [-0.3, -0.25) is 0 Å². The number of aromatic nitrogens is 1. The molecule has 0 aliphatic rings. The fraction of sp³-hybridized carbons (Fsp3) is 0.300. The van der Waals surface area contributed by atoms with Gasteiger partial charge in [-0.25, -0.2) is 18.7 Å². The van der Waals surface area contributed by atoms with E-state index in [0.717, 1.165) is 34.3 Å². The number of hydrogen-bond acceptors (Lipinski definition) is 5. The Morgan fingerprint density at radius 3 is 2.47 bits per heavy atom. The lowest BCUT2D eigenvalue weighted by Crippen LogP contribution is -2.34. The number of alkyl halides is 3. The normalized spacial score (nSPS) is 13.5. The third kappa shape index (κ3) is 5.50. The fourth-order valence-electron chi connectivity index (χ4n) is 2.77. The van der Waals surface area contributed by atoms with Crippen LogP contribution < -0.4 is 0 Å². The minimum absolute atomic E-state index is 0.00238. The van der Waals surface area contributed by atoms with E-state index in [4.69, 9.17) is 0 Å². The van der Waals surface area contributed by atoms with Crippen molar-refractivity contribution in [2.45, 2.75) is 24.0 Å². The Balaban J connectivity index is 1.89. The Kier molecular flexibility index (Phi) is 6.99. The fourth-order valence-corrected chi connectivity index (χ4v) is 4.73. The highest BCUT2D eigenvalue weighted by Crippen LogP contribution is 2.43. The number of aliphatic imine (C=N–C) groups is 1. The van der Waals surface area contributed by atoms with Crippen molar-refractivity contribution in [3.63, 3.8) is 0 Å². The van der Waals surface area contributed by atoms with Crippen molar-refractivity contribution in [2.24, 2.45) is 4.99 Å². The molecule has 0 aliphatic carbocycles. The molecular weight excluding hydrogens is 436 g/mol. The third-order valence-electron chi connectivity index (χ3n) is 4.07. The van der Waals surface area contributed by atoms with Gasteiger partial charge in [0.1, 0.15) is 11.9 Å². The van der Waals surface area contributed by atoms with Crippen LogP contribution in [0.15, 0.2) is 52.4 Å². The third-order valence-corrected chi connectivity index (χ3v) is 6.16. The van der Waals surface area contributed by atoms with Crippen LogP contribution >= 0.6 is 23.3 Å². The van der Waals surface area contributed by atoms with Crippen molar-refractivity contribution in [1.29, 1.82) is 0 Å². The quantitative estimate of drug-likeness (QED) is 0.181. The Morgan fingerprint density at radius 1 is 1.17 bits per heavy atom. The molecule has 0 fully saturated rings. The SMILES string of the molecule is CCN(Sc1ccc2nc(/N=C/N(C)C)sc2c1)C(c1ccc(F)cc1)C(F)(F)F. The maximum absolute atomic E-state index is 13.9. The standard InChI is InChI=1S/C20H20F4N4S2/c1-4-28(18(20(22,23)24)13-5-7-14(21)8-6-13)30-15-9-10-16-17(11-15)29-19(26-16)25-12-27(2)3/h5-12,18H,4H2,1-3H3/b25-12+. The van der Waals surface area contributed by atoms with E-state index in [1.807, 2.05) is 20.2 Å². The first-order chi connectivity index (χ1) is 14.2. The Morgan fingerprint density at radius 2 is 1.87 bits per heavy atom. The van der Waals surface area contributed by atoms with Crippen LogP contribution in [0.1, 0.15) is 18.5 Å². The molecule has 0 radical (unpaired) electrons. The van der Waals surface area contributed by atoms with Gasteiger partial charge in [0.05, 0.1) is 16.6 Å². The number of hydrogen-bond donors (Lipinski definition) is 0. The van der Waals surface area contributed by atoms with Crippen LogP contribution in [0, 0.1) is 5.82 Å². The first-order valence-electron chi connectivity index (χ1n) is 9.05. The number of fused-ring (bicyclic) bond motifs is 1. The lowest BCUT2D eigenvalue weighted by atomic mass is 10.1. The molecule has 1 atom stereocenters. The number of rotatable bonds is 7. The molecule has 3 aromatic rings. The van der Waals surface area contributed by atoms with E-state index in [0.29, 0.717) is 10.0 Å². The van der Waals surface area contributed by atoms with Crippen molar-refractivity contribution >= 4 is 45.0 Å². The van der Waals surface area contributed by atoms with Gasteiger partial charge >= 0.3 is 6.18 Å². The monoisotopic (exact) mass is 456 g/mol. The van der Waals surface area contributed by atoms with E-state index in [1.54, 1.807) is 30.3 Å². The Labute approximate surface area is 180 Å². The van der Waals surface area contributed by atoms with Crippen LogP contribution in [0.5, 0.6) is 0 Å². The highest BCUT2D eigenvalue weighted by atomic mass is 32.2. The largest absolute Gasteiger partial charge is 0.408 e. The second kappa shape index (κ2) is 9.32. The number of thiazole rings is 1. The molecule has 1 heterocycles. The summed E-state index contributed by atoms with van der Waals surface area (Å²) in [6.45, 7) is 1.81. The molecule has 1 aromatic heterocycles. The van der Waals surface area contributed by atoms with Gasteiger partial charge in [-0.2, -0.15) is 13.2 Å². The topological polar surface area (TPSA) is 31.7 Å². The molecule has 0 aliphatic heterocycles. The molecule has 0 saturated heterocycles. The molecule has 0 N–H and O–H groups in total. The number of nitrogens with zero attached hydrogens (tertiary/aromatic N) is 4. The van der Waals surface area contributed by atoms with Gasteiger partial charge < -0.3 is 4.90 Å². The lowest BCUT2D eigenvalue weighted by Gasteiger charge is -2.31. The van der Waals surface area contributed by atoms with Crippen LogP contribution in [-0.2, 0) is 0 Å². The molecule has 160 valence electrons. The van der Waals surface area contributed by atoms with E-state index < -0.39 is 18.0 Å². The average molecular weight is 457 g/mol. The smallest absolute Gasteiger partial charge is 0.369 e. The maximum atomic E-state index is 13.9. The zero-order valence-corrected chi connectivity index (χ0v) is 18.2. The van der Waals surface area contributed by atoms with Gasteiger partial charge in [0.25, 0.3) is 0 Å². The zero-order valence-electron chi connectivity index (χ0n) is 16.5. The van der Waals surface area contributed by atoms with Gasteiger partial charge in [0.15, 0.2) is 0 Å². The molecule has 4 nitrogen and oxygen atoms in total. The molecule has 3 rings (SSSR count). The molecule has 0 amide bonds. The predicted octanol–water partition coefficient (Wildman–Crippen LogP) is 6.29. The second-order valence-corrected chi connectivity index (χ2v) is 8.79. The molecule has 2 aromatic carbocycles. The van der Waals surface area contributed by atoms with Crippen LogP contribution in [0.4, 0.5) is 22.7 Å². The van der Waals surface area contributed by atoms with Gasteiger partial charge in [-0.1, -0.05) is 30.4 Å².